The lowest BCUT2D eigenvalue weighted by Crippen LogP contribution is -2.44. The van der Waals surface area contributed by atoms with Crippen LogP contribution in [0.4, 0.5) is 32.3 Å². The second-order valence-corrected chi connectivity index (χ2v) is 10.8. The van der Waals surface area contributed by atoms with Gasteiger partial charge in [-0.3, -0.25) is 4.79 Å². The van der Waals surface area contributed by atoms with Gasteiger partial charge in [-0.15, -0.1) is 0 Å². The number of carbonyl (C=O) groups is 1. The van der Waals surface area contributed by atoms with Gasteiger partial charge in [0.25, 0.3) is 5.91 Å². The van der Waals surface area contributed by atoms with Crippen molar-refractivity contribution in [2.45, 2.75) is 37.7 Å². The number of carbonyl (C=O) groups excluding carboxylic acids is 1. The molecule has 1 amide bonds. The van der Waals surface area contributed by atoms with E-state index in [1.54, 1.807) is 0 Å². The van der Waals surface area contributed by atoms with Crippen LogP contribution in [0, 0.1) is 17.8 Å². The Morgan fingerprint density at radius 3 is 2.28 bits per heavy atom. The molecule has 3 fully saturated rings. The molecule has 1 aromatic heterocycles. The van der Waals surface area contributed by atoms with Crippen molar-refractivity contribution in [1.29, 1.82) is 0 Å². The van der Waals surface area contributed by atoms with Crippen LogP contribution >= 0.6 is 0 Å². The predicted octanol–water partition coefficient (Wildman–Crippen LogP) is 2.75. The highest BCUT2D eigenvalue weighted by atomic mass is 32.2. The smallest absolute Gasteiger partial charge is 0.351 e. The summed E-state index contributed by atoms with van der Waals surface area (Å²) in [5, 5.41) is 2.45. The van der Waals surface area contributed by atoms with E-state index in [0.717, 1.165) is 4.90 Å². The fraction of sp³-hybridized carbons (Fsp3) is 0.722. The molecule has 3 aliphatic rings. The molecule has 1 aromatic rings. The largest absolute Gasteiger partial charge is 0.434 e. The Labute approximate surface area is 179 Å². The van der Waals surface area contributed by atoms with Gasteiger partial charge in [0.15, 0.2) is 15.5 Å². The highest BCUT2D eigenvalue weighted by molar-refractivity contribution is 7.91. The molecule has 0 spiro atoms. The third-order valence-electron chi connectivity index (χ3n) is 6.51. The maximum atomic E-state index is 13.6. The van der Waals surface area contributed by atoms with Crippen LogP contribution in [0.5, 0.6) is 0 Å². The van der Waals surface area contributed by atoms with Crippen molar-refractivity contribution < 1.29 is 39.6 Å². The van der Waals surface area contributed by atoms with Crippen LogP contribution in [0.1, 0.15) is 35.3 Å². The Balaban J connectivity index is 1.60. The molecule has 178 valence electrons. The monoisotopic (exact) mass is 486 g/mol. The van der Waals surface area contributed by atoms with Gasteiger partial charge in [-0.05, 0) is 31.1 Å². The van der Waals surface area contributed by atoms with E-state index in [-0.39, 0.29) is 30.5 Å². The molecular weight excluding hydrogens is 466 g/mol. The standard InChI is InChI=1S/C18H20F6N4O3S/c19-17(20,21)12-9-1-2-10(7-9)13(12)26-16-25-8-11(14(27-16)18(22,23)24)15(29)28-3-5-32(30,31)6-4-28/h8-10,12-13H,1-7H2,(H,25,26,27)/t9-,10+,12-,13-/m0/s1. The number of rotatable bonds is 3. The normalized spacial score (nSPS) is 29.9. The molecule has 0 unspecified atom stereocenters. The number of nitrogens with zero attached hydrogens (tertiary/aromatic N) is 3. The topological polar surface area (TPSA) is 92.3 Å². The molecule has 2 bridgehead atoms. The van der Waals surface area contributed by atoms with Crippen LogP contribution in [0.3, 0.4) is 0 Å². The predicted molar refractivity (Wildman–Crippen MR) is 99.4 cm³/mol. The first-order chi connectivity index (χ1) is 14.8. The number of sulfone groups is 1. The van der Waals surface area contributed by atoms with E-state index in [4.69, 9.17) is 0 Å². The SMILES string of the molecule is O=C(c1cnc(N[C@H]2[C@@H]3CC[C@@H](C3)[C@@H]2C(F)(F)F)nc1C(F)(F)F)N1CCS(=O)(=O)CC1. The molecule has 0 radical (unpaired) electrons. The molecule has 1 aliphatic heterocycles. The van der Waals surface area contributed by atoms with Crippen LogP contribution < -0.4 is 5.32 Å². The lowest BCUT2D eigenvalue weighted by Gasteiger charge is -2.33. The Morgan fingerprint density at radius 2 is 1.69 bits per heavy atom. The molecular formula is C18H20F6N4O3S. The average Bonchev–Trinajstić information content (AvgIpc) is 3.28. The number of fused-ring (bicyclic) bond motifs is 2. The summed E-state index contributed by atoms with van der Waals surface area (Å²) >= 11 is 0. The average molecular weight is 486 g/mol. The fourth-order valence-electron chi connectivity index (χ4n) is 5.03. The summed E-state index contributed by atoms with van der Waals surface area (Å²) in [6.45, 7) is -0.534. The van der Waals surface area contributed by atoms with Gasteiger partial charge in [-0.25, -0.2) is 18.4 Å². The fourth-order valence-corrected chi connectivity index (χ4v) is 6.23. The molecule has 4 rings (SSSR count). The van der Waals surface area contributed by atoms with Crippen molar-refractivity contribution in [3.63, 3.8) is 0 Å². The second kappa shape index (κ2) is 7.73. The van der Waals surface area contributed by atoms with Gasteiger partial charge in [0.05, 0.1) is 23.0 Å². The molecule has 14 heteroatoms. The number of amides is 1. The molecule has 7 nitrogen and oxygen atoms in total. The summed E-state index contributed by atoms with van der Waals surface area (Å²) in [5.74, 6) is -5.07. The Hall–Kier alpha value is -2.12. The molecule has 0 aromatic carbocycles. The Bertz CT molecular complexity index is 999. The molecule has 1 saturated heterocycles. The van der Waals surface area contributed by atoms with Crippen LogP contribution in [0.15, 0.2) is 6.20 Å². The zero-order valence-corrected chi connectivity index (χ0v) is 17.4. The van der Waals surface area contributed by atoms with Crippen molar-refractivity contribution in [2.75, 3.05) is 29.9 Å². The first-order valence-corrected chi connectivity index (χ1v) is 11.9. The molecule has 1 N–H and O–H groups in total. The third kappa shape index (κ3) is 4.37. The van der Waals surface area contributed by atoms with Crippen molar-refractivity contribution in [2.24, 2.45) is 17.8 Å². The maximum absolute atomic E-state index is 13.6. The van der Waals surface area contributed by atoms with E-state index in [9.17, 15) is 39.6 Å². The molecule has 2 heterocycles. The Kier molecular flexibility index (Phi) is 5.57. The highest BCUT2D eigenvalue weighted by Gasteiger charge is 2.59. The van der Waals surface area contributed by atoms with Crippen molar-refractivity contribution in [3.05, 3.63) is 17.5 Å². The first-order valence-electron chi connectivity index (χ1n) is 10.0. The molecule has 2 aliphatic carbocycles. The quantitative estimate of drug-likeness (QED) is 0.661. The summed E-state index contributed by atoms with van der Waals surface area (Å²) in [6, 6.07) is -1.14. The maximum Gasteiger partial charge on any atom is 0.434 e. The number of aromatic nitrogens is 2. The molecule has 32 heavy (non-hydrogen) atoms. The minimum Gasteiger partial charge on any atom is -0.351 e. The van der Waals surface area contributed by atoms with Crippen LogP contribution in [-0.4, -0.2) is 66.0 Å². The number of hydrogen-bond acceptors (Lipinski definition) is 6. The van der Waals surface area contributed by atoms with Gasteiger partial charge < -0.3 is 10.2 Å². The molecule has 2 saturated carbocycles. The second-order valence-electron chi connectivity index (χ2n) is 8.47. The first kappa shape index (κ1) is 23.1. The summed E-state index contributed by atoms with van der Waals surface area (Å²) in [6.07, 6.45) is -7.64. The highest BCUT2D eigenvalue weighted by Crippen LogP contribution is 2.54. The van der Waals surface area contributed by atoms with E-state index in [2.05, 4.69) is 15.3 Å². The number of halogens is 6. The summed E-state index contributed by atoms with van der Waals surface area (Å²) in [7, 11) is -3.36. The van der Waals surface area contributed by atoms with E-state index < -0.39 is 63.2 Å². The van der Waals surface area contributed by atoms with E-state index >= 15 is 0 Å². The van der Waals surface area contributed by atoms with Crippen molar-refractivity contribution in [1.82, 2.24) is 14.9 Å². The minimum absolute atomic E-state index is 0.267. The summed E-state index contributed by atoms with van der Waals surface area (Å²) < 4.78 is 105. The number of nitrogens with one attached hydrogen (secondary N) is 1. The number of anilines is 1. The lowest BCUT2D eigenvalue weighted by molar-refractivity contribution is -0.189. The van der Waals surface area contributed by atoms with Gasteiger partial charge in [0, 0.05) is 25.3 Å². The van der Waals surface area contributed by atoms with Crippen LogP contribution in [-0.2, 0) is 16.0 Å². The molecule has 4 atom stereocenters. The van der Waals surface area contributed by atoms with Crippen molar-refractivity contribution in [3.8, 4) is 0 Å². The van der Waals surface area contributed by atoms with E-state index in [1.165, 1.54) is 0 Å². The van der Waals surface area contributed by atoms with Gasteiger partial charge in [-0.1, -0.05) is 0 Å². The minimum atomic E-state index is -5.07. The zero-order chi connectivity index (χ0) is 23.5. The third-order valence-corrected chi connectivity index (χ3v) is 8.12. The zero-order valence-electron chi connectivity index (χ0n) is 16.6. The van der Waals surface area contributed by atoms with Gasteiger partial charge >= 0.3 is 12.4 Å². The van der Waals surface area contributed by atoms with Gasteiger partial charge in [0.1, 0.15) is 0 Å². The van der Waals surface area contributed by atoms with Gasteiger partial charge in [0.2, 0.25) is 5.95 Å². The van der Waals surface area contributed by atoms with E-state index in [1.807, 2.05) is 0 Å². The lowest BCUT2D eigenvalue weighted by atomic mass is 9.84. The number of alkyl halides is 6. The summed E-state index contributed by atoms with van der Waals surface area (Å²) in [4.78, 5) is 20.7. The van der Waals surface area contributed by atoms with Crippen molar-refractivity contribution >= 4 is 21.7 Å². The number of hydrogen-bond donors (Lipinski definition) is 1. The Morgan fingerprint density at radius 1 is 1.06 bits per heavy atom. The van der Waals surface area contributed by atoms with E-state index in [0.29, 0.717) is 25.5 Å². The van der Waals surface area contributed by atoms with Gasteiger partial charge in [-0.2, -0.15) is 26.3 Å². The van der Waals surface area contributed by atoms with Crippen LogP contribution in [0.2, 0.25) is 0 Å². The summed E-state index contributed by atoms with van der Waals surface area (Å²) in [5.41, 5.74) is -2.44. The van der Waals surface area contributed by atoms with Crippen LogP contribution in [0.25, 0.3) is 0 Å².